The first-order valence-electron chi connectivity index (χ1n) is 21.7. The second-order valence-corrected chi connectivity index (χ2v) is 20.6. The SMILES string of the molecule is CC[C@@H](C(=O)[C@@H](C)[C@@H](O)[C@H](C)[C@@H]1O[C@@H]([C@@H](CC)C(=O)O)CC[C@@H]1C)[C@H]1O[C@]2(C=C[C@@H](NS(C)(=O)=O)[C@]3(CC[C@@](C)([C@H]4CC[C@](O)(CC)[C@H](C)O4)O3)O2)[C@H](C)C[C@@H]1C. The van der Waals surface area contributed by atoms with Crippen LogP contribution in [0.1, 0.15) is 133 Å². The first kappa shape index (κ1) is 46.6. The summed E-state index contributed by atoms with van der Waals surface area (Å²) in [5.41, 5.74) is -1.79. The van der Waals surface area contributed by atoms with Crippen LogP contribution in [0.15, 0.2) is 12.2 Å². The minimum atomic E-state index is -3.70. The zero-order valence-electron chi connectivity index (χ0n) is 36.2. The molecule has 4 saturated heterocycles. The summed E-state index contributed by atoms with van der Waals surface area (Å²) in [6, 6.07) is -0.866. The highest BCUT2D eigenvalue weighted by atomic mass is 32.2. The number of ether oxygens (including phenoxy) is 5. The van der Waals surface area contributed by atoms with Crippen molar-refractivity contribution in [3.05, 3.63) is 12.2 Å². The molecule has 2 spiro atoms. The number of aliphatic hydroxyl groups excluding tert-OH is 1. The van der Waals surface area contributed by atoms with Crippen molar-refractivity contribution in [2.45, 2.75) is 199 Å². The number of nitrogens with one attached hydrogen (secondary N) is 1. The normalized spacial score (nSPS) is 44.1. The number of aliphatic carboxylic acids is 1. The van der Waals surface area contributed by atoms with Crippen molar-refractivity contribution >= 4 is 21.8 Å². The number of carbonyl (C=O) groups is 2. The molecule has 14 heteroatoms. The zero-order valence-corrected chi connectivity index (χ0v) is 37.0. The van der Waals surface area contributed by atoms with Gasteiger partial charge < -0.3 is 39.0 Å². The van der Waals surface area contributed by atoms with E-state index in [0.717, 1.165) is 12.7 Å². The van der Waals surface area contributed by atoms with E-state index in [2.05, 4.69) is 18.6 Å². The van der Waals surface area contributed by atoms with Crippen LogP contribution in [-0.2, 0) is 43.3 Å². The van der Waals surface area contributed by atoms with Crippen LogP contribution >= 0.6 is 0 Å². The maximum atomic E-state index is 14.6. The molecule has 4 fully saturated rings. The van der Waals surface area contributed by atoms with Gasteiger partial charge >= 0.3 is 5.97 Å². The van der Waals surface area contributed by atoms with Crippen LogP contribution < -0.4 is 4.72 Å². The lowest BCUT2D eigenvalue weighted by Gasteiger charge is -2.55. The highest BCUT2D eigenvalue weighted by Crippen LogP contribution is 2.54. The molecule has 4 N–H and O–H groups in total. The van der Waals surface area contributed by atoms with Crippen LogP contribution in [0.3, 0.4) is 0 Å². The van der Waals surface area contributed by atoms with Crippen molar-refractivity contribution in [3.8, 4) is 0 Å². The topological polar surface area (TPSA) is 187 Å². The van der Waals surface area contributed by atoms with E-state index in [1.807, 2.05) is 48.5 Å². The fourth-order valence-corrected chi connectivity index (χ4v) is 11.6. The molecule has 0 amide bonds. The van der Waals surface area contributed by atoms with E-state index in [4.69, 9.17) is 23.7 Å². The Morgan fingerprint density at radius 3 is 2.16 bits per heavy atom. The molecule has 57 heavy (non-hydrogen) atoms. The number of carbonyl (C=O) groups excluding carboxylic acids is 1. The van der Waals surface area contributed by atoms with E-state index < -0.39 is 99.0 Å². The number of hydrogen-bond donors (Lipinski definition) is 4. The molecule has 328 valence electrons. The van der Waals surface area contributed by atoms with Crippen LogP contribution in [-0.4, -0.2) is 107 Å². The fraction of sp³-hybridized carbons (Fsp3) is 0.907. The molecular weight excluding hydrogens is 755 g/mol. The van der Waals surface area contributed by atoms with E-state index in [9.17, 15) is 33.3 Å². The lowest BCUT2D eigenvalue weighted by atomic mass is 9.72. The van der Waals surface area contributed by atoms with Gasteiger partial charge in [0.05, 0.1) is 66.0 Å². The Morgan fingerprint density at radius 1 is 0.912 bits per heavy atom. The molecule has 18 atom stereocenters. The minimum Gasteiger partial charge on any atom is -0.481 e. The molecule has 5 aliphatic heterocycles. The summed E-state index contributed by atoms with van der Waals surface area (Å²) in [7, 11) is -3.70. The maximum Gasteiger partial charge on any atom is 0.309 e. The smallest absolute Gasteiger partial charge is 0.309 e. The summed E-state index contributed by atoms with van der Waals surface area (Å²) < 4.78 is 62.1. The molecule has 13 nitrogen and oxygen atoms in total. The van der Waals surface area contributed by atoms with Gasteiger partial charge in [-0.15, -0.1) is 0 Å². The fourth-order valence-electron chi connectivity index (χ4n) is 10.9. The van der Waals surface area contributed by atoms with Gasteiger partial charge in [0.15, 0.2) is 11.6 Å². The lowest BCUT2D eigenvalue weighted by molar-refractivity contribution is -0.397. The van der Waals surface area contributed by atoms with E-state index in [1.54, 1.807) is 19.1 Å². The monoisotopic (exact) mass is 827 g/mol. The summed E-state index contributed by atoms with van der Waals surface area (Å²) in [5, 5.41) is 32.7. The summed E-state index contributed by atoms with van der Waals surface area (Å²) in [6.45, 7) is 19.4. The second kappa shape index (κ2) is 17.5. The van der Waals surface area contributed by atoms with Gasteiger partial charge in [-0.25, -0.2) is 13.1 Å². The molecule has 0 saturated carbocycles. The number of rotatable bonds is 14. The quantitative estimate of drug-likeness (QED) is 0.156. The third kappa shape index (κ3) is 9.24. The van der Waals surface area contributed by atoms with E-state index in [0.29, 0.717) is 57.8 Å². The molecular formula is C43H73NO12S. The largest absolute Gasteiger partial charge is 0.481 e. The maximum absolute atomic E-state index is 14.6. The van der Waals surface area contributed by atoms with Gasteiger partial charge in [-0.1, -0.05) is 61.5 Å². The number of ketones is 1. The molecule has 5 aliphatic rings. The van der Waals surface area contributed by atoms with Gasteiger partial charge in [0.1, 0.15) is 5.78 Å². The van der Waals surface area contributed by atoms with Crippen molar-refractivity contribution < 1.29 is 57.0 Å². The summed E-state index contributed by atoms with van der Waals surface area (Å²) in [4.78, 5) is 26.5. The predicted octanol–water partition coefficient (Wildman–Crippen LogP) is 5.74. The average molecular weight is 828 g/mol. The summed E-state index contributed by atoms with van der Waals surface area (Å²) >= 11 is 0. The molecule has 5 heterocycles. The summed E-state index contributed by atoms with van der Waals surface area (Å²) in [5.74, 6) is -6.35. The van der Waals surface area contributed by atoms with Crippen LogP contribution in [0.2, 0.25) is 0 Å². The Morgan fingerprint density at radius 2 is 1.58 bits per heavy atom. The van der Waals surface area contributed by atoms with Gasteiger partial charge in [0.2, 0.25) is 10.0 Å². The van der Waals surface area contributed by atoms with E-state index in [-0.39, 0.29) is 29.6 Å². The van der Waals surface area contributed by atoms with Crippen LogP contribution in [0.4, 0.5) is 0 Å². The Hall–Kier alpha value is -1.49. The highest BCUT2D eigenvalue weighted by molar-refractivity contribution is 7.88. The van der Waals surface area contributed by atoms with Crippen molar-refractivity contribution in [3.63, 3.8) is 0 Å². The van der Waals surface area contributed by atoms with E-state index >= 15 is 0 Å². The number of hydrogen-bond acceptors (Lipinski definition) is 11. The van der Waals surface area contributed by atoms with Crippen molar-refractivity contribution in [1.29, 1.82) is 0 Å². The lowest BCUT2D eigenvalue weighted by Crippen LogP contribution is -2.65. The molecule has 0 aliphatic carbocycles. The molecule has 0 unspecified atom stereocenters. The van der Waals surface area contributed by atoms with Gasteiger partial charge in [-0.2, -0.15) is 0 Å². The summed E-state index contributed by atoms with van der Waals surface area (Å²) in [6.07, 6.45) is 6.90. The van der Waals surface area contributed by atoms with Gasteiger partial charge in [0, 0.05) is 30.1 Å². The van der Waals surface area contributed by atoms with Gasteiger partial charge in [-0.3, -0.25) is 9.59 Å². The first-order chi connectivity index (χ1) is 26.5. The van der Waals surface area contributed by atoms with Crippen LogP contribution in [0.5, 0.6) is 0 Å². The van der Waals surface area contributed by atoms with Crippen molar-refractivity contribution in [1.82, 2.24) is 4.72 Å². The molecule has 5 rings (SSSR count). The predicted molar refractivity (Wildman–Crippen MR) is 214 cm³/mol. The molecule has 0 aromatic carbocycles. The zero-order chi connectivity index (χ0) is 42.5. The van der Waals surface area contributed by atoms with Gasteiger partial charge in [-0.05, 0) is 89.5 Å². The number of carboxylic acid groups (broad SMARTS) is 1. The first-order valence-corrected chi connectivity index (χ1v) is 23.6. The third-order valence-corrected chi connectivity index (χ3v) is 15.5. The third-order valence-electron chi connectivity index (χ3n) is 14.8. The van der Waals surface area contributed by atoms with Crippen LogP contribution in [0.25, 0.3) is 0 Å². The Kier molecular flexibility index (Phi) is 14.3. The minimum absolute atomic E-state index is 0.0465. The Bertz CT molecular complexity index is 1580. The number of Topliss-reactive ketones (excluding diaryl/α,β-unsaturated/α-hetero) is 1. The molecule has 0 radical (unpaired) electrons. The molecule has 0 aromatic rings. The molecule has 0 bridgehead atoms. The Labute approximate surface area is 341 Å². The van der Waals surface area contributed by atoms with Crippen molar-refractivity contribution in [2.24, 2.45) is 41.4 Å². The van der Waals surface area contributed by atoms with Gasteiger partial charge in [0.25, 0.3) is 0 Å². The van der Waals surface area contributed by atoms with Crippen LogP contribution in [0, 0.1) is 41.4 Å². The number of aliphatic hydroxyl groups is 2. The number of carboxylic acids is 1. The van der Waals surface area contributed by atoms with Crippen molar-refractivity contribution in [2.75, 3.05) is 6.26 Å². The Balaban J connectivity index is 1.38. The van der Waals surface area contributed by atoms with E-state index in [1.165, 1.54) is 0 Å². The highest BCUT2D eigenvalue weighted by Gasteiger charge is 2.63. The second-order valence-electron chi connectivity index (χ2n) is 18.8. The average Bonchev–Trinajstić information content (AvgIpc) is 3.49. The number of sulfonamides is 1. The standard InChI is InChI=1S/C43H73NO12S/c1-12-30(39(47)48)32-16-15-24(4)37(53-32)28(8)35(45)27(7)36(46)31(13-2)38-25(5)23-26(6)42(54-38)20-17-33(44-57(11,50)51)43(56-42)22-21-40(10,55-43)34-18-19-41(49,14-3)29(9)52-34/h17,20,24-35,37-38,44-45,49H,12-16,18-19,21-23H2,1-11H3,(H,47,48)/t24-,25-,26+,27-,28-,29-,30+,31-,32+,33+,34+,35+,37+,38-,40-,41+,42-,43-/m0/s1. The molecule has 0 aromatic heterocycles.